The highest BCUT2D eigenvalue weighted by Gasteiger charge is 2.10. The van der Waals surface area contributed by atoms with E-state index in [2.05, 4.69) is 16.2 Å². The first-order chi connectivity index (χ1) is 10.1. The van der Waals surface area contributed by atoms with E-state index in [-0.39, 0.29) is 5.56 Å². The van der Waals surface area contributed by atoms with Crippen LogP contribution in [-0.2, 0) is 0 Å². The number of hydrogen-bond donors (Lipinski definition) is 3. The van der Waals surface area contributed by atoms with E-state index in [1.807, 2.05) is 0 Å². The molecular weight excluding hydrogens is 313 g/mol. The van der Waals surface area contributed by atoms with E-state index >= 15 is 0 Å². The number of anilines is 1. The molecule has 2 aromatic carbocycles. The first kappa shape index (κ1) is 15.2. The van der Waals surface area contributed by atoms with Gasteiger partial charge in [0.25, 0.3) is 5.91 Å². The second kappa shape index (κ2) is 6.97. The Morgan fingerprint density at radius 2 is 1.67 bits per heavy atom. The minimum atomic E-state index is -0.599. The summed E-state index contributed by atoms with van der Waals surface area (Å²) in [6, 6.07) is 12.5. The molecule has 0 radical (unpaired) electrons. The zero-order valence-electron chi connectivity index (χ0n) is 10.7. The summed E-state index contributed by atoms with van der Waals surface area (Å²) in [6.45, 7) is 0. The standard InChI is InChI=1S/C14H11Cl2N3O2/c15-9-4-3-5-10(8-9)17-14(21)19-18-13(20)11-6-1-2-7-12(11)16/h1-8H,(H,18,20)(H2,17,19,21). The number of amides is 3. The van der Waals surface area contributed by atoms with E-state index in [0.717, 1.165) is 0 Å². The Hall–Kier alpha value is -2.24. The fraction of sp³-hybridized carbons (Fsp3) is 0. The van der Waals surface area contributed by atoms with Gasteiger partial charge in [0, 0.05) is 10.7 Å². The molecule has 7 heteroatoms. The maximum absolute atomic E-state index is 11.8. The largest absolute Gasteiger partial charge is 0.337 e. The van der Waals surface area contributed by atoms with Gasteiger partial charge >= 0.3 is 6.03 Å². The van der Waals surface area contributed by atoms with Crippen molar-refractivity contribution in [1.29, 1.82) is 0 Å². The highest BCUT2D eigenvalue weighted by molar-refractivity contribution is 6.33. The Morgan fingerprint density at radius 1 is 0.905 bits per heavy atom. The average Bonchev–Trinajstić information content (AvgIpc) is 2.45. The number of carbonyl (C=O) groups is 2. The lowest BCUT2D eigenvalue weighted by atomic mass is 10.2. The Balaban J connectivity index is 1.90. The molecule has 0 fully saturated rings. The molecule has 0 aliphatic carbocycles. The summed E-state index contributed by atoms with van der Waals surface area (Å²) in [5, 5.41) is 3.31. The van der Waals surface area contributed by atoms with Gasteiger partial charge in [-0.1, -0.05) is 41.4 Å². The van der Waals surface area contributed by atoms with Crippen molar-refractivity contribution in [2.75, 3.05) is 5.32 Å². The molecule has 0 aliphatic rings. The van der Waals surface area contributed by atoms with Crippen LogP contribution in [0.2, 0.25) is 10.0 Å². The first-order valence-corrected chi connectivity index (χ1v) is 6.69. The molecule has 108 valence electrons. The number of hydrogen-bond acceptors (Lipinski definition) is 2. The van der Waals surface area contributed by atoms with Crippen molar-refractivity contribution in [3.8, 4) is 0 Å². The van der Waals surface area contributed by atoms with Crippen LogP contribution in [0, 0.1) is 0 Å². The Labute approximate surface area is 131 Å². The van der Waals surface area contributed by atoms with Gasteiger partial charge in [0.05, 0.1) is 10.6 Å². The molecule has 21 heavy (non-hydrogen) atoms. The topological polar surface area (TPSA) is 70.2 Å². The molecule has 0 bridgehead atoms. The van der Waals surface area contributed by atoms with Crippen molar-refractivity contribution in [3.05, 3.63) is 64.1 Å². The van der Waals surface area contributed by atoms with Crippen LogP contribution in [0.4, 0.5) is 10.5 Å². The highest BCUT2D eigenvalue weighted by atomic mass is 35.5. The van der Waals surface area contributed by atoms with Crippen LogP contribution in [0.5, 0.6) is 0 Å². The molecule has 0 spiro atoms. The third kappa shape index (κ3) is 4.37. The predicted octanol–water partition coefficient (Wildman–Crippen LogP) is 3.46. The van der Waals surface area contributed by atoms with E-state index in [1.165, 1.54) is 0 Å². The van der Waals surface area contributed by atoms with Gasteiger partial charge in [0.1, 0.15) is 0 Å². The fourth-order valence-corrected chi connectivity index (χ4v) is 1.97. The van der Waals surface area contributed by atoms with Gasteiger partial charge < -0.3 is 5.32 Å². The van der Waals surface area contributed by atoms with Gasteiger partial charge in [0.15, 0.2) is 0 Å². The second-order valence-electron chi connectivity index (χ2n) is 4.02. The van der Waals surface area contributed by atoms with Crippen LogP contribution >= 0.6 is 23.2 Å². The number of nitrogens with one attached hydrogen (secondary N) is 3. The molecule has 3 N–H and O–H groups in total. The maximum atomic E-state index is 11.8. The number of rotatable bonds is 2. The summed E-state index contributed by atoms with van der Waals surface area (Å²) < 4.78 is 0. The smallest absolute Gasteiger partial charge is 0.307 e. The third-order valence-corrected chi connectivity index (χ3v) is 3.06. The summed E-state index contributed by atoms with van der Waals surface area (Å²) >= 11 is 11.7. The predicted molar refractivity (Wildman–Crippen MR) is 82.5 cm³/mol. The van der Waals surface area contributed by atoms with Crippen LogP contribution in [0.1, 0.15) is 10.4 Å². The second-order valence-corrected chi connectivity index (χ2v) is 4.87. The molecule has 0 aliphatic heterocycles. The van der Waals surface area contributed by atoms with E-state index < -0.39 is 11.9 Å². The third-order valence-electron chi connectivity index (χ3n) is 2.49. The SMILES string of the molecule is O=C(NNC(=O)c1ccccc1Cl)Nc1cccc(Cl)c1. The lowest BCUT2D eigenvalue weighted by molar-refractivity contribution is 0.0938. The Kier molecular flexibility index (Phi) is 5.03. The van der Waals surface area contributed by atoms with Gasteiger partial charge in [-0.15, -0.1) is 0 Å². The van der Waals surface area contributed by atoms with Crippen LogP contribution in [0.15, 0.2) is 48.5 Å². The number of carbonyl (C=O) groups excluding carboxylic acids is 2. The van der Waals surface area contributed by atoms with E-state index in [1.54, 1.807) is 48.5 Å². The first-order valence-electron chi connectivity index (χ1n) is 5.93. The zero-order valence-corrected chi connectivity index (χ0v) is 12.2. The molecule has 3 amide bonds. The van der Waals surface area contributed by atoms with Crippen LogP contribution in [-0.4, -0.2) is 11.9 Å². The van der Waals surface area contributed by atoms with E-state index in [0.29, 0.717) is 15.7 Å². The fourth-order valence-electron chi connectivity index (χ4n) is 1.55. The Morgan fingerprint density at radius 3 is 2.38 bits per heavy atom. The molecule has 0 heterocycles. The molecule has 5 nitrogen and oxygen atoms in total. The molecule has 0 saturated heterocycles. The molecule has 0 aromatic heterocycles. The van der Waals surface area contributed by atoms with Crippen LogP contribution in [0.25, 0.3) is 0 Å². The van der Waals surface area contributed by atoms with Gasteiger partial charge in [-0.2, -0.15) is 0 Å². The van der Waals surface area contributed by atoms with Gasteiger partial charge in [-0.25, -0.2) is 10.2 Å². The maximum Gasteiger partial charge on any atom is 0.337 e. The lowest BCUT2D eigenvalue weighted by Crippen LogP contribution is -2.44. The number of benzene rings is 2. The minimum absolute atomic E-state index is 0.266. The summed E-state index contributed by atoms with van der Waals surface area (Å²) in [7, 11) is 0. The van der Waals surface area contributed by atoms with Crippen LogP contribution in [0.3, 0.4) is 0 Å². The molecular formula is C14H11Cl2N3O2. The van der Waals surface area contributed by atoms with Gasteiger partial charge in [-0.05, 0) is 30.3 Å². The van der Waals surface area contributed by atoms with Crippen molar-refractivity contribution in [2.24, 2.45) is 0 Å². The quantitative estimate of drug-likeness (QED) is 0.741. The van der Waals surface area contributed by atoms with E-state index in [9.17, 15) is 9.59 Å². The molecule has 0 saturated carbocycles. The number of halogens is 2. The van der Waals surface area contributed by atoms with Gasteiger partial charge in [-0.3, -0.25) is 10.2 Å². The van der Waals surface area contributed by atoms with Crippen molar-refractivity contribution in [3.63, 3.8) is 0 Å². The van der Waals surface area contributed by atoms with Crippen molar-refractivity contribution < 1.29 is 9.59 Å². The monoisotopic (exact) mass is 323 g/mol. The Bertz CT molecular complexity index is 677. The summed E-state index contributed by atoms with van der Waals surface area (Å²) in [5.41, 5.74) is 5.25. The molecule has 0 unspecified atom stereocenters. The average molecular weight is 324 g/mol. The normalized spacial score (nSPS) is 9.81. The van der Waals surface area contributed by atoms with Crippen molar-refractivity contribution in [1.82, 2.24) is 10.9 Å². The molecule has 2 aromatic rings. The number of hydrazine groups is 1. The van der Waals surface area contributed by atoms with Gasteiger partial charge in [0.2, 0.25) is 0 Å². The van der Waals surface area contributed by atoms with Crippen molar-refractivity contribution >= 4 is 40.8 Å². The molecule has 0 atom stereocenters. The summed E-state index contributed by atoms with van der Waals surface area (Å²) in [4.78, 5) is 23.4. The van der Waals surface area contributed by atoms with E-state index in [4.69, 9.17) is 23.2 Å². The summed E-state index contributed by atoms with van der Waals surface area (Å²) in [6.07, 6.45) is 0. The van der Waals surface area contributed by atoms with Crippen molar-refractivity contribution in [2.45, 2.75) is 0 Å². The lowest BCUT2D eigenvalue weighted by Gasteiger charge is -2.09. The number of urea groups is 1. The highest BCUT2D eigenvalue weighted by Crippen LogP contribution is 2.15. The zero-order chi connectivity index (χ0) is 15.2. The minimum Gasteiger partial charge on any atom is -0.307 e. The summed E-state index contributed by atoms with van der Waals surface area (Å²) in [5.74, 6) is -0.512. The molecule has 2 rings (SSSR count). The van der Waals surface area contributed by atoms with Crippen LogP contribution < -0.4 is 16.2 Å².